The van der Waals surface area contributed by atoms with Gasteiger partial charge < -0.3 is 14.8 Å². The van der Waals surface area contributed by atoms with Gasteiger partial charge in [0.2, 0.25) is 0 Å². The molecule has 4 rings (SSSR count). The monoisotopic (exact) mass is 418 g/mol. The van der Waals surface area contributed by atoms with Gasteiger partial charge in [0, 0.05) is 23.1 Å². The molecule has 6 nitrogen and oxygen atoms in total. The Morgan fingerprint density at radius 1 is 1.19 bits per heavy atom. The van der Waals surface area contributed by atoms with Crippen molar-refractivity contribution in [2.45, 2.75) is 38.7 Å². The third-order valence-corrected chi connectivity index (χ3v) is 5.73. The Hall–Kier alpha value is -3.41. The molecule has 1 aliphatic heterocycles. The van der Waals surface area contributed by atoms with E-state index < -0.39 is 5.92 Å². The van der Waals surface area contributed by atoms with Crippen molar-refractivity contribution in [3.63, 3.8) is 0 Å². The highest BCUT2D eigenvalue weighted by Crippen LogP contribution is 2.36. The Bertz CT molecular complexity index is 1120. The molecule has 6 heteroatoms. The van der Waals surface area contributed by atoms with Gasteiger partial charge in [-0.05, 0) is 60.9 Å². The summed E-state index contributed by atoms with van der Waals surface area (Å²) in [6, 6.07) is 15.1. The van der Waals surface area contributed by atoms with Crippen LogP contribution < -0.4 is 10.1 Å². The lowest BCUT2D eigenvalue weighted by atomic mass is 9.92. The van der Waals surface area contributed by atoms with Crippen molar-refractivity contribution < 1.29 is 19.1 Å². The highest BCUT2D eigenvalue weighted by molar-refractivity contribution is 5.94. The molecule has 1 aromatic heterocycles. The average molecular weight is 418 g/mol. The van der Waals surface area contributed by atoms with Crippen LogP contribution in [0.2, 0.25) is 0 Å². The molecule has 2 aromatic carbocycles. The van der Waals surface area contributed by atoms with Gasteiger partial charge in [-0.1, -0.05) is 19.1 Å². The number of aryl methyl sites for hydroxylation is 2. The molecule has 0 radical (unpaired) electrons. The lowest BCUT2D eigenvalue weighted by Crippen LogP contribution is -2.32. The van der Waals surface area contributed by atoms with Crippen LogP contribution in [0.1, 0.15) is 46.4 Å². The fraction of sp³-hybridized carbons (Fsp3) is 0.320. The van der Waals surface area contributed by atoms with Crippen LogP contribution in [0.15, 0.2) is 48.5 Å². The molecule has 1 fully saturated rings. The first-order chi connectivity index (χ1) is 15.0. The average Bonchev–Trinajstić information content (AvgIpc) is 3.16. The normalized spacial score (nSPS) is 18.1. The Balaban J connectivity index is 1.49. The number of hydrogen-bond acceptors (Lipinski definition) is 5. The van der Waals surface area contributed by atoms with E-state index in [1.165, 1.54) is 5.56 Å². The van der Waals surface area contributed by atoms with E-state index >= 15 is 0 Å². The van der Waals surface area contributed by atoms with Gasteiger partial charge >= 0.3 is 5.97 Å². The number of carbonyl (C=O) groups is 2. The van der Waals surface area contributed by atoms with Crippen molar-refractivity contribution in [1.82, 2.24) is 10.3 Å². The first-order valence-corrected chi connectivity index (χ1v) is 10.5. The summed E-state index contributed by atoms with van der Waals surface area (Å²) in [7, 11) is 1.61. The molecule has 1 N–H and O–H groups in total. The Kier molecular flexibility index (Phi) is 5.89. The molecule has 0 bridgehead atoms. The molecule has 160 valence electrons. The maximum absolute atomic E-state index is 12.7. The second-order valence-electron chi connectivity index (χ2n) is 7.84. The topological polar surface area (TPSA) is 77.5 Å². The molecule has 0 aliphatic carbocycles. The quantitative estimate of drug-likeness (QED) is 0.614. The Morgan fingerprint density at radius 3 is 2.68 bits per heavy atom. The number of hydrogen-bond donors (Lipinski definition) is 1. The van der Waals surface area contributed by atoms with E-state index in [1.54, 1.807) is 7.11 Å². The van der Waals surface area contributed by atoms with Crippen molar-refractivity contribution in [2.24, 2.45) is 0 Å². The van der Waals surface area contributed by atoms with Gasteiger partial charge in [-0.15, -0.1) is 0 Å². The van der Waals surface area contributed by atoms with Gasteiger partial charge in [-0.2, -0.15) is 0 Å². The first-order valence-electron chi connectivity index (χ1n) is 10.5. The smallest absolute Gasteiger partial charge is 0.313 e. The molecule has 0 saturated carbocycles. The predicted octanol–water partition coefficient (Wildman–Crippen LogP) is 3.94. The van der Waals surface area contributed by atoms with Crippen LogP contribution in [0.4, 0.5) is 0 Å². The number of methoxy groups -OCH3 is 1. The largest absolute Gasteiger partial charge is 0.497 e. The number of aromatic nitrogens is 1. The zero-order valence-electron chi connectivity index (χ0n) is 18.0. The van der Waals surface area contributed by atoms with Gasteiger partial charge in [0.1, 0.15) is 11.9 Å². The van der Waals surface area contributed by atoms with Gasteiger partial charge in [-0.25, -0.2) is 0 Å². The lowest BCUT2D eigenvalue weighted by Gasteiger charge is -2.13. The summed E-state index contributed by atoms with van der Waals surface area (Å²) >= 11 is 0. The lowest BCUT2D eigenvalue weighted by molar-refractivity contribution is -0.142. The maximum atomic E-state index is 12.7. The van der Waals surface area contributed by atoms with Gasteiger partial charge in [0.05, 0.1) is 25.1 Å². The number of nitrogens with one attached hydrogen (secondary N) is 1. The number of nitrogens with zero attached hydrogens (tertiary/aromatic N) is 1. The van der Waals surface area contributed by atoms with Crippen molar-refractivity contribution in [3.8, 4) is 5.75 Å². The number of amides is 1. The van der Waals surface area contributed by atoms with Crippen LogP contribution in [-0.2, 0) is 16.0 Å². The highest BCUT2D eigenvalue weighted by Gasteiger charge is 2.37. The first kappa shape index (κ1) is 20.8. The zero-order valence-corrected chi connectivity index (χ0v) is 18.0. The Labute approximate surface area is 181 Å². The molecule has 31 heavy (non-hydrogen) atoms. The van der Waals surface area contributed by atoms with Crippen molar-refractivity contribution >= 4 is 22.8 Å². The van der Waals surface area contributed by atoms with E-state index in [0.717, 1.165) is 28.6 Å². The molecule has 1 aliphatic rings. The molecular weight excluding hydrogens is 392 g/mol. The van der Waals surface area contributed by atoms with E-state index in [0.29, 0.717) is 17.7 Å². The van der Waals surface area contributed by atoms with E-state index in [-0.39, 0.29) is 24.5 Å². The molecule has 2 heterocycles. The van der Waals surface area contributed by atoms with Gasteiger partial charge in [0.25, 0.3) is 5.91 Å². The van der Waals surface area contributed by atoms with Gasteiger partial charge in [-0.3, -0.25) is 14.6 Å². The molecule has 1 amide bonds. The van der Waals surface area contributed by atoms with Crippen molar-refractivity contribution in [3.05, 3.63) is 70.9 Å². The molecule has 2 atom stereocenters. The second-order valence-corrected chi connectivity index (χ2v) is 7.84. The maximum Gasteiger partial charge on any atom is 0.313 e. The summed E-state index contributed by atoms with van der Waals surface area (Å²) in [5, 5.41) is 3.77. The minimum Gasteiger partial charge on any atom is -0.497 e. The summed E-state index contributed by atoms with van der Waals surface area (Å²) in [6.45, 7) is 4.26. The molecule has 0 spiro atoms. The minimum absolute atomic E-state index is 0.169. The SMILES string of the molecule is CCc1ccc(C(=O)NCC2CC(c3cc(C)nc4ccc(OC)cc34)C(=O)O2)cc1. The summed E-state index contributed by atoms with van der Waals surface area (Å²) in [6.07, 6.45) is 1.06. The zero-order chi connectivity index (χ0) is 22.0. The molecule has 2 unspecified atom stereocenters. The minimum atomic E-state index is -0.401. The standard InChI is InChI=1S/C25H26N2O4/c1-4-16-5-7-17(8-6-16)24(28)26-14-19-13-22(25(29)31-19)20-11-15(2)27-23-10-9-18(30-3)12-21(20)23/h5-12,19,22H,4,13-14H2,1-3H3,(H,26,28). The van der Waals surface area contributed by atoms with Crippen LogP contribution in [0, 0.1) is 6.92 Å². The molecular formula is C25H26N2O4. The summed E-state index contributed by atoms with van der Waals surface area (Å²) in [5.41, 5.74) is 4.32. The van der Waals surface area contributed by atoms with Gasteiger partial charge in [0.15, 0.2) is 0 Å². The van der Waals surface area contributed by atoms with Crippen LogP contribution >= 0.6 is 0 Å². The summed E-state index contributed by atoms with van der Waals surface area (Å²) < 4.78 is 10.9. The highest BCUT2D eigenvalue weighted by atomic mass is 16.6. The van der Waals surface area contributed by atoms with E-state index in [1.807, 2.05) is 55.5 Å². The van der Waals surface area contributed by atoms with E-state index in [2.05, 4.69) is 17.2 Å². The number of benzene rings is 2. The fourth-order valence-electron chi connectivity index (χ4n) is 4.02. The van der Waals surface area contributed by atoms with E-state index in [4.69, 9.17) is 9.47 Å². The third kappa shape index (κ3) is 4.38. The predicted molar refractivity (Wildman–Crippen MR) is 118 cm³/mol. The van der Waals surface area contributed by atoms with Crippen LogP contribution in [0.3, 0.4) is 0 Å². The number of pyridine rings is 1. The van der Waals surface area contributed by atoms with Crippen molar-refractivity contribution in [2.75, 3.05) is 13.7 Å². The third-order valence-electron chi connectivity index (χ3n) is 5.73. The van der Waals surface area contributed by atoms with Crippen LogP contribution in [0.5, 0.6) is 5.75 Å². The molecule has 1 saturated heterocycles. The Morgan fingerprint density at radius 2 is 1.97 bits per heavy atom. The van der Waals surface area contributed by atoms with Crippen LogP contribution in [0.25, 0.3) is 10.9 Å². The van der Waals surface area contributed by atoms with Crippen LogP contribution in [-0.4, -0.2) is 36.6 Å². The second kappa shape index (κ2) is 8.76. The van der Waals surface area contributed by atoms with E-state index in [9.17, 15) is 9.59 Å². The number of ether oxygens (including phenoxy) is 2. The number of esters is 1. The number of carbonyl (C=O) groups excluding carboxylic acids is 2. The summed E-state index contributed by atoms with van der Waals surface area (Å²) in [4.78, 5) is 29.7. The number of fused-ring (bicyclic) bond motifs is 1. The number of rotatable bonds is 6. The number of cyclic esters (lactones) is 1. The molecule has 3 aromatic rings. The van der Waals surface area contributed by atoms with Crippen molar-refractivity contribution in [1.29, 1.82) is 0 Å². The summed E-state index contributed by atoms with van der Waals surface area (Å²) in [5.74, 6) is -0.135. The fourth-order valence-corrected chi connectivity index (χ4v) is 4.02.